The smallest absolute Gasteiger partial charge is 0.298 e. The van der Waals surface area contributed by atoms with Gasteiger partial charge in [-0.25, -0.2) is 8.78 Å². The Morgan fingerprint density at radius 2 is 2.21 bits per heavy atom. The maximum absolute atomic E-state index is 13.1. The van der Waals surface area contributed by atoms with Crippen LogP contribution in [0.3, 0.4) is 0 Å². The number of benzene rings is 1. The number of nitrogens with zero attached hydrogens (tertiary/aromatic N) is 3. The predicted octanol–water partition coefficient (Wildman–Crippen LogP) is 3.65. The minimum atomic E-state index is -2.65. The van der Waals surface area contributed by atoms with Gasteiger partial charge in [0.2, 0.25) is 0 Å². The van der Waals surface area contributed by atoms with Crippen molar-refractivity contribution in [3.63, 3.8) is 0 Å². The summed E-state index contributed by atoms with van der Waals surface area (Å²) in [6, 6.07) is 10.7. The van der Waals surface area contributed by atoms with Crippen LogP contribution in [0.15, 0.2) is 41.3 Å². The van der Waals surface area contributed by atoms with Crippen molar-refractivity contribution in [1.82, 2.24) is 9.55 Å². The lowest BCUT2D eigenvalue weighted by atomic mass is 10.1. The van der Waals surface area contributed by atoms with Gasteiger partial charge in [0.15, 0.2) is 0 Å². The van der Waals surface area contributed by atoms with Gasteiger partial charge >= 0.3 is 4.87 Å². The van der Waals surface area contributed by atoms with Crippen LogP contribution < -0.4 is 4.87 Å². The molecular weight excluding hydrogens is 332 g/mol. The van der Waals surface area contributed by atoms with Crippen LogP contribution in [-0.2, 0) is 6.54 Å². The van der Waals surface area contributed by atoms with Crippen LogP contribution >= 0.6 is 11.3 Å². The van der Waals surface area contributed by atoms with E-state index in [0.717, 1.165) is 16.9 Å². The number of hydrogen-bond donors (Lipinski definition) is 0. The second kappa shape index (κ2) is 5.21. The van der Waals surface area contributed by atoms with Gasteiger partial charge in [-0.15, -0.1) is 0 Å². The Morgan fingerprint density at radius 1 is 1.42 bits per heavy atom. The van der Waals surface area contributed by atoms with E-state index < -0.39 is 11.8 Å². The molecule has 0 amide bonds. The maximum Gasteiger partial charge on any atom is 0.308 e. The van der Waals surface area contributed by atoms with Crippen molar-refractivity contribution in [2.45, 2.75) is 18.9 Å². The van der Waals surface area contributed by atoms with Gasteiger partial charge in [-0.05, 0) is 24.3 Å². The molecule has 1 aliphatic rings. The molecule has 4 rings (SSSR count). The second-order valence-electron chi connectivity index (χ2n) is 5.83. The summed E-state index contributed by atoms with van der Waals surface area (Å²) in [4.78, 5) is 16.1. The van der Waals surface area contributed by atoms with E-state index in [9.17, 15) is 18.8 Å². The summed E-state index contributed by atoms with van der Waals surface area (Å²) in [5, 5.41) is 9.18. The molecule has 4 nitrogen and oxygen atoms in total. The Kier molecular flexibility index (Phi) is 3.25. The Morgan fingerprint density at radius 3 is 2.92 bits per heavy atom. The highest BCUT2D eigenvalue weighted by atomic mass is 32.1. The van der Waals surface area contributed by atoms with Crippen molar-refractivity contribution in [1.29, 1.82) is 5.26 Å². The Bertz CT molecular complexity index is 1050. The van der Waals surface area contributed by atoms with Crippen molar-refractivity contribution in [3.05, 3.63) is 51.8 Å². The molecule has 120 valence electrons. The van der Waals surface area contributed by atoms with Gasteiger partial charge in [-0.3, -0.25) is 14.3 Å². The van der Waals surface area contributed by atoms with E-state index >= 15 is 0 Å². The summed E-state index contributed by atoms with van der Waals surface area (Å²) in [5.74, 6) is -3.41. The fraction of sp³-hybridized carbons (Fsp3) is 0.235. The topological polar surface area (TPSA) is 58.7 Å². The molecule has 1 aromatic carbocycles. The minimum Gasteiger partial charge on any atom is -0.298 e. The fourth-order valence-corrected chi connectivity index (χ4v) is 3.74. The summed E-state index contributed by atoms with van der Waals surface area (Å²) >= 11 is 1.02. The summed E-state index contributed by atoms with van der Waals surface area (Å²) in [6.45, 7) is 0.0399. The van der Waals surface area contributed by atoms with Crippen LogP contribution in [0.4, 0.5) is 8.78 Å². The maximum atomic E-state index is 13.1. The lowest BCUT2D eigenvalue weighted by Gasteiger charge is -2.05. The molecule has 0 aliphatic heterocycles. The Labute approximate surface area is 139 Å². The van der Waals surface area contributed by atoms with Crippen molar-refractivity contribution >= 4 is 21.6 Å². The van der Waals surface area contributed by atoms with Crippen molar-refractivity contribution in [3.8, 4) is 17.3 Å². The van der Waals surface area contributed by atoms with Crippen molar-refractivity contribution < 1.29 is 8.78 Å². The number of halogens is 2. The number of fused-ring (bicyclic) bond motifs is 1. The number of aromatic nitrogens is 2. The minimum absolute atomic E-state index is 0.0399. The fourth-order valence-electron chi connectivity index (χ4n) is 2.80. The van der Waals surface area contributed by atoms with E-state index in [1.54, 1.807) is 36.5 Å². The number of alkyl halides is 2. The first-order chi connectivity index (χ1) is 11.5. The zero-order valence-electron chi connectivity index (χ0n) is 12.4. The molecule has 7 heteroatoms. The molecule has 0 saturated heterocycles. The van der Waals surface area contributed by atoms with E-state index in [2.05, 4.69) is 11.1 Å². The molecule has 1 unspecified atom stereocenters. The van der Waals surface area contributed by atoms with Crippen LogP contribution in [0.5, 0.6) is 0 Å². The predicted molar refractivity (Wildman–Crippen MR) is 87.1 cm³/mol. The molecule has 0 radical (unpaired) electrons. The largest absolute Gasteiger partial charge is 0.308 e. The van der Waals surface area contributed by atoms with Crippen LogP contribution in [0.1, 0.15) is 12.0 Å². The van der Waals surface area contributed by atoms with E-state index in [0.29, 0.717) is 21.5 Å². The molecule has 1 saturated carbocycles. The van der Waals surface area contributed by atoms with Gasteiger partial charge < -0.3 is 0 Å². The van der Waals surface area contributed by atoms with E-state index in [1.165, 1.54) is 4.57 Å². The Balaban J connectivity index is 1.78. The quantitative estimate of drug-likeness (QED) is 0.729. The highest BCUT2D eigenvalue weighted by molar-refractivity contribution is 7.16. The monoisotopic (exact) mass is 343 g/mol. The first-order valence-electron chi connectivity index (χ1n) is 7.36. The number of rotatable bonds is 3. The second-order valence-corrected chi connectivity index (χ2v) is 6.83. The zero-order chi connectivity index (χ0) is 16.9. The molecule has 2 aromatic heterocycles. The third-order valence-electron chi connectivity index (χ3n) is 4.23. The SMILES string of the molecule is N#Cc1cccnc1-c1ccc2c(c1)sc(=O)n2CC1CC1(F)F. The van der Waals surface area contributed by atoms with Crippen molar-refractivity contribution in [2.75, 3.05) is 0 Å². The molecule has 0 N–H and O–H groups in total. The highest BCUT2D eigenvalue weighted by Gasteiger charge is 2.56. The summed E-state index contributed by atoms with van der Waals surface area (Å²) in [7, 11) is 0. The third-order valence-corrected chi connectivity index (χ3v) is 5.17. The van der Waals surface area contributed by atoms with Crippen molar-refractivity contribution in [2.24, 2.45) is 5.92 Å². The number of nitriles is 1. The first-order valence-corrected chi connectivity index (χ1v) is 8.18. The van der Waals surface area contributed by atoms with Crippen LogP contribution in [0.2, 0.25) is 0 Å². The molecule has 1 aliphatic carbocycles. The highest BCUT2D eigenvalue weighted by Crippen LogP contribution is 2.49. The molecular formula is C17H11F2N3OS. The van der Waals surface area contributed by atoms with Gasteiger partial charge in [-0.2, -0.15) is 5.26 Å². The number of hydrogen-bond acceptors (Lipinski definition) is 4. The van der Waals surface area contributed by atoms with E-state index in [4.69, 9.17) is 0 Å². The summed E-state index contributed by atoms with van der Waals surface area (Å²) < 4.78 is 28.4. The molecule has 24 heavy (non-hydrogen) atoms. The van der Waals surface area contributed by atoms with Gasteiger partial charge in [0, 0.05) is 30.6 Å². The summed E-state index contributed by atoms with van der Waals surface area (Å²) in [5.41, 5.74) is 2.36. The van der Waals surface area contributed by atoms with Gasteiger partial charge in [-0.1, -0.05) is 17.4 Å². The lowest BCUT2D eigenvalue weighted by Crippen LogP contribution is -2.15. The molecule has 1 fully saturated rings. The lowest BCUT2D eigenvalue weighted by molar-refractivity contribution is 0.0953. The average molecular weight is 343 g/mol. The van der Waals surface area contributed by atoms with E-state index in [1.807, 2.05) is 0 Å². The van der Waals surface area contributed by atoms with Crippen LogP contribution in [0, 0.1) is 17.2 Å². The van der Waals surface area contributed by atoms with E-state index in [-0.39, 0.29) is 17.8 Å². The number of thiazole rings is 1. The van der Waals surface area contributed by atoms with Gasteiger partial charge in [0.05, 0.1) is 21.5 Å². The molecule has 1 atom stereocenters. The molecule has 3 aromatic rings. The van der Waals surface area contributed by atoms with Gasteiger partial charge in [0.25, 0.3) is 5.92 Å². The van der Waals surface area contributed by atoms with Gasteiger partial charge in [0.1, 0.15) is 6.07 Å². The van der Waals surface area contributed by atoms with Crippen LogP contribution in [0.25, 0.3) is 21.5 Å². The number of pyridine rings is 1. The summed E-state index contributed by atoms with van der Waals surface area (Å²) in [6.07, 6.45) is 1.44. The third kappa shape index (κ3) is 2.39. The molecule has 0 bridgehead atoms. The first kappa shape index (κ1) is 15.0. The molecule has 0 spiro atoms. The molecule has 2 heterocycles. The van der Waals surface area contributed by atoms with Crippen LogP contribution in [-0.4, -0.2) is 15.5 Å². The normalized spacial score (nSPS) is 18.5. The standard InChI is InChI=1S/C17H11F2N3OS/c18-17(19)7-12(17)9-22-13-4-3-10(6-14(13)24-16(22)23)15-11(8-20)2-1-5-21-15/h1-6,12H,7,9H2. The Hall–Kier alpha value is -2.59. The average Bonchev–Trinajstić information content (AvgIpc) is 3.06. The zero-order valence-corrected chi connectivity index (χ0v) is 13.2.